The number of pyridine rings is 1. The lowest BCUT2D eigenvalue weighted by Crippen LogP contribution is -2.46. The van der Waals surface area contributed by atoms with Gasteiger partial charge in [-0.2, -0.15) is 0 Å². The predicted molar refractivity (Wildman–Crippen MR) is 94.8 cm³/mol. The number of amides is 1. The van der Waals surface area contributed by atoms with E-state index >= 15 is 0 Å². The summed E-state index contributed by atoms with van der Waals surface area (Å²) in [5.74, 6) is 0.0894. The molecule has 1 saturated heterocycles. The summed E-state index contributed by atoms with van der Waals surface area (Å²) in [6.45, 7) is 3.28. The molecule has 24 heavy (non-hydrogen) atoms. The average molecular weight is 325 g/mol. The standard InChI is InChI=1S/C19H23N3O2/c1-13(20)15-8-5-11-22(12-15)19(24)16-9-10-17(21-18(16)23)14-6-3-2-4-7-14/h2-4,6-7,9-10,13,15H,5,8,11-12,20H2,1H3,(H,21,23). The minimum atomic E-state index is -0.343. The second-order valence-corrected chi connectivity index (χ2v) is 6.49. The first-order valence-corrected chi connectivity index (χ1v) is 8.40. The third-order valence-electron chi connectivity index (χ3n) is 4.71. The Bertz CT molecular complexity index is 768. The maximum absolute atomic E-state index is 12.7. The lowest BCUT2D eigenvalue weighted by atomic mass is 9.92. The van der Waals surface area contributed by atoms with Gasteiger partial charge in [-0.25, -0.2) is 0 Å². The summed E-state index contributed by atoms with van der Waals surface area (Å²) in [4.78, 5) is 29.7. The predicted octanol–water partition coefficient (Wildman–Crippen LogP) is 2.24. The number of hydrogen-bond donors (Lipinski definition) is 2. The van der Waals surface area contributed by atoms with Crippen molar-refractivity contribution in [2.75, 3.05) is 13.1 Å². The molecule has 1 aromatic carbocycles. The first-order chi connectivity index (χ1) is 11.6. The number of hydrogen-bond acceptors (Lipinski definition) is 3. The van der Waals surface area contributed by atoms with E-state index in [0.29, 0.717) is 24.7 Å². The molecule has 3 rings (SSSR count). The monoisotopic (exact) mass is 325 g/mol. The topological polar surface area (TPSA) is 79.2 Å². The van der Waals surface area contributed by atoms with Crippen molar-refractivity contribution in [2.45, 2.75) is 25.8 Å². The van der Waals surface area contributed by atoms with Crippen LogP contribution < -0.4 is 11.3 Å². The highest BCUT2D eigenvalue weighted by molar-refractivity contribution is 5.94. The van der Waals surface area contributed by atoms with E-state index in [0.717, 1.165) is 18.4 Å². The SMILES string of the molecule is CC(N)C1CCCN(C(=O)c2ccc(-c3ccccc3)[nH]c2=O)C1. The fourth-order valence-corrected chi connectivity index (χ4v) is 3.22. The summed E-state index contributed by atoms with van der Waals surface area (Å²) in [7, 11) is 0. The fourth-order valence-electron chi connectivity index (χ4n) is 3.22. The molecule has 3 N–H and O–H groups in total. The highest BCUT2D eigenvalue weighted by Gasteiger charge is 2.27. The van der Waals surface area contributed by atoms with Gasteiger partial charge in [0.1, 0.15) is 5.56 Å². The second-order valence-electron chi connectivity index (χ2n) is 6.49. The zero-order valence-corrected chi connectivity index (χ0v) is 13.9. The van der Waals surface area contributed by atoms with Crippen LogP contribution in [0.25, 0.3) is 11.3 Å². The number of rotatable bonds is 3. The van der Waals surface area contributed by atoms with Crippen LogP contribution in [0.1, 0.15) is 30.1 Å². The first-order valence-electron chi connectivity index (χ1n) is 8.40. The molecule has 1 aliphatic rings. The normalized spacial score (nSPS) is 19.1. The maximum atomic E-state index is 12.7. The highest BCUT2D eigenvalue weighted by atomic mass is 16.2. The van der Waals surface area contributed by atoms with Crippen molar-refractivity contribution in [3.63, 3.8) is 0 Å². The van der Waals surface area contributed by atoms with Gasteiger partial charge in [0.15, 0.2) is 0 Å². The van der Waals surface area contributed by atoms with Gasteiger partial charge in [0.25, 0.3) is 11.5 Å². The number of H-pyrrole nitrogens is 1. The van der Waals surface area contributed by atoms with Crippen molar-refractivity contribution in [3.8, 4) is 11.3 Å². The Balaban J connectivity index is 1.82. The highest BCUT2D eigenvalue weighted by Crippen LogP contribution is 2.20. The molecule has 2 atom stereocenters. The summed E-state index contributed by atoms with van der Waals surface area (Å²) in [6.07, 6.45) is 1.96. The minimum absolute atomic E-state index is 0.0549. The molecular weight excluding hydrogens is 302 g/mol. The molecule has 0 radical (unpaired) electrons. The molecule has 2 aromatic rings. The largest absolute Gasteiger partial charge is 0.338 e. The van der Waals surface area contributed by atoms with Crippen molar-refractivity contribution in [1.82, 2.24) is 9.88 Å². The van der Waals surface area contributed by atoms with E-state index in [1.807, 2.05) is 37.3 Å². The van der Waals surface area contributed by atoms with E-state index in [1.54, 1.807) is 17.0 Å². The molecule has 1 aromatic heterocycles. The number of aromatic amines is 1. The van der Waals surface area contributed by atoms with Gasteiger partial charge in [0.05, 0.1) is 0 Å². The van der Waals surface area contributed by atoms with Gasteiger partial charge in [0, 0.05) is 24.8 Å². The van der Waals surface area contributed by atoms with Crippen LogP contribution in [0.15, 0.2) is 47.3 Å². The smallest absolute Gasteiger partial charge is 0.261 e. The van der Waals surface area contributed by atoms with E-state index in [-0.39, 0.29) is 23.1 Å². The number of nitrogens with two attached hydrogens (primary N) is 1. The molecule has 5 nitrogen and oxygen atoms in total. The van der Waals surface area contributed by atoms with Crippen LogP contribution in [0.2, 0.25) is 0 Å². The van der Waals surface area contributed by atoms with Gasteiger partial charge in [-0.05, 0) is 43.4 Å². The van der Waals surface area contributed by atoms with Crippen LogP contribution in [0, 0.1) is 5.92 Å². The Morgan fingerprint density at radius 1 is 1.25 bits per heavy atom. The summed E-state index contributed by atoms with van der Waals surface area (Å²) < 4.78 is 0. The third kappa shape index (κ3) is 3.41. The van der Waals surface area contributed by atoms with Gasteiger partial charge < -0.3 is 15.6 Å². The molecule has 2 unspecified atom stereocenters. The number of benzene rings is 1. The van der Waals surface area contributed by atoms with Gasteiger partial charge in [-0.15, -0.1) is 0 Å². The van der Waals surface area contributed by atoms with Crippen molar-refractivity contribution >= 4 is 5.91 Å². The molecule has 1 amide bonds. The molecule has 5 heteroatoms. The molecule has 1 aliphatic heterocycles. The van der Waals surface area contributed by atoms with Crippen LogP contribution >= 0.6 is 0 Å². The molecule has 0 bridgehead atoms. The minimum Gasteiger partial charge on any atom is -0.338 e. The van der Waals surface area contributed by atoms with Crippen LogP contribution in [-0.4, -0.2) is 34.9 Å². The number of carbonyl (C=O) groups excluding carboxylic acids is 1. The van der Waals surface area contributed by atoms with Crippen LogP contribution in [0.4, 0.5) is 0 Å². The number of nitrogens with one attached hydrogen (secondary N) is 1. The Labute approximate surface area is 141 Å². The molecule has 0 spiro atoms. The first kappa shape index (κ1) is 16.5. The zero-order valence-electron chi connectivity index (χ0n) is 13.9. The number of nitrogens with zero attached hydrogens (tertiary/aromatic N) is 1. The molecule has 0 saturated carbocycles. The van der Waals surface area contributed by atoms with Crippen molar-refractivity contribution in [3.05, 3.63) is 58.4 Å². The quantitative estimate of drug-likeness (QED) is 0.908. The lowest BCUT2D eigenvalue weighted by Gasteiger charge is -2.34. The van der Waals surface area contributed by atoms with Crippen molar-refractivity contribution in [1.29, 1.82) is 0 Å². The summed E-state index contributed by atoms with van der Waals surface area (Å²) >= 11 is 0. The maximum Gasteiger partial charge on any atom is 0.261 e. The Kier molecular flexibility index (Phi) is 4.81. The zero-order chi connectivity index (χ0) is 17.1. The number of likely N-dealkylation sites (tertiary alicyclic amines) is 1. The van der Waals surface area contributed by atoms with Crippen LogP contribution in [-0.2, 0) is 0 Å². The summed E-state index contributed by atoms with van der Waals surface area (Å²) in [5.41, 5.74) is 7.46. The van der Waals surface area contributed by atoms with Gasteiger partial charge in [0.2, 0.25) is 0 Å². The number of aromatic nitrogens is 1. The van der Waals surface area contributed by atoms with Gasteiger partial charge in [-0.1, -0.05) is 30.3 Å². The van der Waals surface area contributed by atoms with Gasteiger partial charge >= 0.3 is 0 Å². The fraction of sp³-hybridized carbons (Fsp3) is 0.368. The van der Waals surface area contributed by atoms with Crippen molar-refractivity contribution in [2.24, 2.45) is 11.7 Å². The average Bonchev–Trinajstić information content (AvgIpc) is 2.62. The second kappa shape index (κ2) is 7.01. The Morgan fingerprint density at radius 3 is 2.67 bits per heavy atom. The van der Waals surface area contributed by atoms with E-state index < -0.39 is 0 Å². The number of carbonyl (C=O) groups is 1. The number of piperidine rings is 1. The lowest BCUT2D eigenvalue weighted by molar-refractivity contribution is 0.0659. The van der Waals surface area contributed by atoms with E-state index in [1.165, 1.54) is 0 Å². The van der Waals surface area contributed by atoms with Crippen LogP contribution in [0.3, 0.4) is 0 Å². The van der Waals surface area contributed by atoms with Gasteiger partial charge in [-0.3, -0.25) is 9.59 Å². The molecule has 2 heterocycles. The Hall–Kier alpha value is -2.40. The third-order valence-corrected chi connectivity index (χ3v) is 4.71. The van der Waals surface area contributed by atoms with Crippen LogP contribution in [0.5, 0.6) is 0 Å². The van der Waals surface area contributed by atoms with Crippen molar-refractivity contribution < 1.29 is 4.79 Å². The molecule has 0 aliphatic carbocycles. The van der Waals surface area contributed by atoms with E-state index in [9.17, 15) is 9.59 Å². The van der Waals surface area contributed by atoms with E-state index in [4.69, 9.17) is 5.73 Å². The Morgan fingerprint density at radius 2 is 2.00 bits per heavy atom. The van der Waals surface area contributed by atoms with E-state index in [2.05, 4.69) is 4.98 Å². The molecule has 1 fully saturated rings. The summed E-state index contributed by atoms with van der Waals surface area (Å²) in [6, 6.07) is 13.1. The molecule has 126 valence electrons. The molecular formula is C19H23N3O2. The summed E-state index contributed by atoms with van der Waals surface area (Å²) in [5, 5.41) is 0.